The van der Waals surface area contributed by atoms with E-state index in [1.165, 1.54) is 44.1 Å². The quantitative estimate of drug-likeness (QED) is 0.870. The summed E-state index contributed by atoms with van der Waals surface area (Å²) in [5.74, 6) is 5.72. The highest BCUT2D eigenvalue weighted by atomic mass is 14.8. The molecule has 2 N–H and O–H groups in total. The van der Waals surface area contributed by atoms with Gasteiger partial charge in [0, 0.05) is 6.04 Å². The molecule has 0 aromatic heterocycles. The molecule has 20 heavy (non-hydrogen) atoms. The lowest BCUT2D eigenvalue weighted by atomic mass is 9.79. The van der Waals surface area contributed by atoms with Crippen molar-refractivity contribution in [2.45, 2.75) is 50.5 Å². The van der Waals surface area contributed by atoms with Crippen LogP contribution in [0.3, 0.4) is 0 Å². The van der Waals surface area contributed by atoms with Crippen LogP contribution < -0.4 is 5.73 Å². The number of rotatable bonds is 3. The average Bonchev–Trinajstić information content (AvgIpc) is 2.84. The number of hydrogen-bond donors (Lipinski definition) is 1. The molecule has 1 aromatic rings. The van der Waals surface area contributed by atoms with Crippen LogP contribution in [0, 0.1) is 29.6 Å². The molecule has 0 amide bonds. The van der Waals surface area contributed by atoms with Gasteiger partial charge in [-0.05, 0) is 78.7 Å². The Balaban J connectivity index is 1.38. The van der Waals surface area contributed by atoms with E-state index in [4.69, 9.17) is 5.73 Å². The van der Waals surface area contributed by atoms with Crippen molar-refractivity contribution in [3.8, 4) is 0 Å². The van der Waals surface area contributed by atoms with Gasteiger partial charge in [0.25, 0.3) is 0 Å². The minimum absolute atomic E-state index is 0.313. The van der Waals surface area contributed by atoms with E-state index in [0.717, 1.165) is 35.5 Å². The van der Waals surface area contributed by atoms with Gasteiger partial charge in [-0.15, -0.1) is 0 Å². The van der Waals surface area contributed by atoms with Crippen molar-refractivity contribution in [3.63, 3.8) is 0 Å². The normalized spacial score (nSPS) is 43.1. The molecular formula is C19H25N. The van der Waals surface area contributed by atoms with Gasteiger partial charge in [0.2, 0.25) is 0 Å². The zero-order chi connectivity index (χ0) is 13.3. The van der Waals surface area contributed by atoms with E-state index in [-0.39, 0.29) is 0 Å². The second-order valence-electron chi connectivity index (χ2n) is 7.89. The standard InChI is InChI=1S/C19H25N/c20-19(18-16-13-7-8-14(10-13)17(16)18)15-6-2-5-12(9-15)11-3-1-4-11/h2,5-6,9,11,13-14,16-19H,1,3-4,7-8,10,20H2. The lowest BCUT2D eigenvalue weighted by molar-refractivity contribution is 0.411. The van der Waals surface area contributed by atoms with Crippen LogP contribution in [0.1, 0.15) is 61.6 Å². The molecular weight excluding hydrogens is 242 g/mol. The highest BCUT2D eigenvalue weighted by Crippen LogP contribution is 2.71. The molecule has 1 heteroatoms. The molecule has 0 radical (unpaired) electrons. The van der Waals surface area contributed by atoms with E-state index in [1.807, 2.05) is 0 Å². The van der Waals surface area contributed by atoms with Gasteiger partial charge in [-0.25, -0.2) is 0 Å². The Morgan fingerprint density at radius 3 is 2.40 bits per heavy atom. The lowest BCUT2D eigenvalue weighted by Gasteiger charge is -2.27. The summed E-state index contributed by atoms with van der Waals surface area (Å²) in [6.07, 6.45) is 8.71. The van der Waals surface area contributed by atoms with E-state index in [1.54, 1.807) is 5.56 Å². The van der Waals surface area contributed by atoms with E-state index in [0.29, 0.717) is 6.04 Å². The van der Waals surface area contributed by atoms with Crippen molar-refractivity contribution < 1.29 is 0 Å². The SMILES string of the molecule is NC(c1cccc(C2CCC2)c1)C1C2C3CCC(C3)C21. The molecule has 0 aliphatic heterocycles. The first-order chi connectivity index (χ1) is 9.83. The van der Waals surface area contributed by atoms with Gasteiger partial charge in [-0.1, -0.05) is 30.7 Å². The highest BCUT2D eigenvalue weighted by Gasteiger charge is 2.66. The van der Waals surface area contributed by atoms with Crippen LogP contribution in [-0.2, 0) is 0 Å². The Morgan fingerprint density at radius 1 is 1.00 bits per heavy atom. The summed E-state index contributed by atoms with van der Waals surface area (Å²) >= 11 is 0. The van der Waals surface area contributed by atoms with Crippen molar-refractivity contribution in [2.24, 2.45) is 35.3 Å². The van der Waals surface area contributed by atoms with Crippen molar-refractivity contribution in [1.82, 2.24) is 0 Å². The molecule has 5 atom stereocenters. The minimum atomic E-state index is 0.313. The molecule has 0 saturated heterocycles. The molecule has 4 fully saturated rings. The van der Waals surface area contributed by atoms with Gasteiger partial charge in [0.15, 0.2) is 0 Å². The van der Waals surface area contributed by atoms with E-state index < -0.39 is 0 Å². The fourth-order valence-electron chi connectivity index (χ4n) is 5.86. The molecule has 4 aliphatic carbocycles. The number of nitrogens with two attached hydrogens (primary N) is 1. The van der Waals surface area contributed by atoms with Crippen LogP contribution in [0.25, 0.3) is 0 Å². The predicted octanol–water partition coefficient (Wildman–Crippen LogP) is 4.25. The summed E-state index contributed by atoms with van der Waals surface area (Å²) in [5, 5.41) is 0. The van der Waals surface area contributed by atoms with Gasteiger partial charge >= 0.3 is 0 Å². The van der Waals surface area contributed by atoms with Gasteiger partial charge in [-0.3, -0.25) is 0 Å². The fraction of sp³-hybridized carbons (Fsp3) is 0.684. The van der Waals surface area contributed by atoms with Crippen LogP contribution in [0.15, 0.2) is 24.3 Å². The lowest BCUT2D eigenvalue weighted by Crippen LogP contribution is -2.18. The van der Waals surface area contributed by atoms with Crippen LogP contribution in [0.2, 0.25) is 0 Å². The van der Waals surface area contributed by atoms with E-state index >= 15 is 0 Å². The summed E-state index contributed by atoms with van der Waals surface area (Å²) in [5.41, 5.74) is 9.65. The summed E-state index contributed by atoms with van der Waals surface area (Å²) in [6.45, 7) is 0. The number of benzene rings is 1. The first-order valence-electron chi connectivity index (χ1n) is 8.68. The Hall–Kier alpha value is -0.820. The third-order valence-electron chi connectivity index (χ3n) is 7.08. The maximum Gasteiger partial charge on any atom is 0.0329 e. The Kier molecular flexibility index (Phi) is 2.42. The average molecular weight is 267 g/mol. The van der Waals surface area contributed by atoms with Crippen molar-refractivity contribution in [3.05, 3.63) is 35.4 Å². The number of hydrogen-bond acceptors (Lipinski definition) is 1. The summed E-state index contributed by atoms with van der Waals surface area (Å²) in [4.78, 5) is 0. The van der Waals surface area contributed by atoms with Gasteiger partial charge in [0.05, 0.1) is 0 Å². The highest BCUT2D eigenvalue weighted by molar-refractivity contribution is 5.32. The molecule has 2 bridgehead atoms. The van der Waals surface area contributed by atoms with E-state index in [9.17, 15) is 0 Å². The Bertz CT molecular complexity index is 516. The Morgan fingerprint density at radius 2 is 1.75 bits per heavy atom. The molecule has 4 aliphatic rings. The molecule has 106 valence electrons. The van der Waals surface area contributed by atoms with Crippen LogP contribution in [0.5, 0.6) is 0 Å². The van der Waals surface area contributed by atoms with Crippen LogP contribution in [-0.4, -0.2) is 0 Å². The van der Waals surface area contributed by atoms with Gasteiger partial charge < -0.3 is 5.73 Å². The topological polar surface area (TPSA) is 26.0 Å². The van der Waals surface area contributed by atoms with Crippen LogP contribution >= 0.6 is 0 Å². The van der Waals surface area contributed by atoms with Crippen molar-refractivity contribution in [1.29, 1.82) is 0 Å². The second-order valence-corrected chi connectivity index (χ2v) is 7.89. The Labute approximate surface area is 121 Å². The molecule has 4 saturated carbocycles. The zero-order valence-electron chi connectivity index (χ0n) is 12.2. The molecule has 1 aromatic carbocycles. The maximum absolute atomic E-state index is 6.67. The zero-order valence-corrected chi connectivity index (χ0v) is 12.2. The second kappa shape index (κ2) is 4.10. The first-order valence-corrected chi connectivity index (χ1v) is 8.68. The first kappa shape index (κ1) is 11.8. The molecule has 1 nitrogen and oxygen atoms in total. The third-order valence-corrected chi connectivity index (χ3v) is 7.08. The fourth-order valence-corrected chi connectivity index (χ4v) is 5.86. The minimum Gasteiger partial charge on any atom is -0.324 e. The largest absolute Gasteiger partial charge is 0.324 e. The maximum atomic E-state index is 6.67. The molecule has 0 spiro atoms. The number of fused-ring (bicyclic) bond motifs is 5. The van der Waals surface area contributed by atoms with Gasteiger partial charge in [-0.2, -0.15) is 0 Å². The smallest absolute Gasteiger partial charge is 0.0329 e. The van der Waals surface area contributed by atoms with Crippen LogP contribution in [0.4, 0.5) is 0 Å². The van der Waals surface area contributed by atoms with Crippen molar-refractivity contribution >= 4 is 0 Å². The summed E-state index contributed by atoms with van der Waals surface area (Å²) < 4.78 is 0. The molecule has 5 rings (SSSR count). The summed E-state index contributed by atoms with van der Waals surface area (Å²) in [7, 11) is 0. The predicted molar refractivity (Wildman–Crippen MR) is 81.3 cm³/mol. The van der Waals surface area contributed by atoms with Gasteiger partial charge in [0.1, 0.15) is 0 Å². The van der Waals surface area contributed by atoms with E-state index in [2.05, 4.69) is 24.3 Å². The van der Waals surface area contributed by atoms with Crippen molar-refractivity contribution in [2.75, 3.05) is 0 Å². The monoisotopic (exact) mass is 267 g/mol. The third kappa shape index (κ3) is 1.53. The molecule has 0 heterocycles. The summed E-state index contributed by atoms with van der Waals surface area (Å²) in [6, 6.07) is 9.59. The molecule has 5 unspecified atom stereocenters.